The topological polar surface area (TPSA) is 26.3 Å². The molecule has 0 saturated heterocycles. The predicted octanol–water partition coefficient (Wildman–Crippen LogP) is 5.67. The Morgan fingerprint density at radius 2 is 1.35 bits per heavy atom. The van der Waals surface area contributed by atoms with Gasteiger partial charge in [0, 0.05) is 5.57 Å². The van der Waals surface area contributed by atoms with Crippen LogP contribution in [0.4, 0.5) is 0 Å². The van der Waals surface area contributed by atoms with Gasteiger partial charge in [0.15, 0.2) is 0 Å². The molecule has 0 bridgehead atoms. The summed E-state index contributed by atoms with van der Waals surface area (Å²) in [5.41, 5.74) is 0.645. The lowest BCUT2D eigenvalue weighted by Crippen LogP contribution is -2.03. The summed E-state index contributed by atoms with van der Waals surface area (Å²) in [6.07, 6.45) is 14.1. The molecule has 20 heavy (non-hydrogen) atoms. The Hall–Kier alpha value is -0.440. The molecular formula is C17H32O2S. The van der Waals surface area contributed by atoms with Crippen molar-refractivity contribution in [3.8, 4) is 0 Å². The van der Waals surface area contributed by atoms with E-state index in [1.54, 1.807) is 6.92 Å². The highest BCUT2D eigenvalue weighted by Gasteiger charge is 2.07. The molecule has 0 fully saturated rings. The van der Waals surface area contributed by atoms with Gasteiger partial charge in [0.05, 0.1) is 7.11 Å². The van der Waals surface area contributed by atoms with Gasteiger partial charge >= 0.3 is 5.97 Å². The summed E-state index contributed by atoms with van der Waals surface area (Å²) >= 11 is 4.39. The van der Waals surface area contributed by atoms with Gasteiger partial charge in [-0.05, 0) is 24.7 Å². The molecule has 0 amide bonds. The fourth-order valence-corrected chi connectivity index (χ4v) is 2.49. The number of carbonyl (C=O) groups excluding carboxylic acids is 1. The Morgan fingerprint density at radius 1 is 0.900 bits per heavy atom. The zero-order valence-electron chi connectivity index (χ0n) is 13.5. The monoisotopic (exact) mass is 300 g/mol. The molecule has 0 unspecified atom stereocenters. The number of allylic oxidation sites excluding steroid dienone is 1. The van der Waals surface area contributed by atoms with Gasteiger partial charge in [-0.1, -0.05) is 64.7 Å². The lowest BCUT2D eigenvalue weighted by Gasteiger charge is -2.05. The Bertz CT molecular complexity index is 285. The van der Waals surface area contributed by atoms with E-state index in [0.29, 0.717) is 5.57 Å². The summed E-state index contributed by atoms with van der Waals surface area (Å²) < 4.78 is 4.69. The van der Waals surface area contributed by atoms with E-state index in [-0.39, 0.29) is 5.97 Å². The fourth-order valence-electron chi connectivity index (χ4n) is 2.24. The second kappa shape index (κ2) is 13.5. The molecule has 2 nitrogen and oxygen atoms in total. The summed E-state index contributed by atoms with van der Waals surface area (Å²) in [4.78, 5) is 12.2. The lowest BCUT2D eigenvalue weighted by atomic mass is 10.1. The van der Waals surface area contributed by atoms with E-state index < -0.39 is 0 Å². The van der Waals surface area contributed by atoms with Gasteiger partial charge in [-0.3, -0.25) is 0 Å². The highest BCUT2D eigenvalue weighted by atomic mass is 32.1. The first-order chi connectivity index (χ1) is 9.63. The van der Waals surface area contributed by atoms with Gasteiger partial charge in [0.25, 0.3) is 0 Å². The molecule has 0 N–H and O–H groups in total. The second-order valence-corrected chi connectivity index (χ2v) is 6.04. The molecule has 0 atom stereocenters. The van der Waals surface area contributed by atoms with Crippen molar-refractivity contribution in [1.29, 1.82) is 0 Å². The van der Waals surface area contributed by atoms with Crippen LogP contribution >= 0.6 is 12.6 Å². The zero-order valence-corrected chi connectivity index (χ0v) is 14.4. The van der Waals surface area contributed by atoms with E-state index in [2.05, 4.69) is 24.3 Å². The van der Waals surface area contributed by atoms with E-state index in [1.807, 2.05) is 0 Å². The molecule has 0 saturated carbocycles. The average molecular weight is 301 g/mol. The van der Waals surface area contributed by atoms with Gasteiger partial charge in [-0.15, -0.1) is 12.6 Å². The average Bonchev–Trinajstić information content (AvgIpc) is 2.47. The maximum Gasteiger partial charge on any atom is 0.334 e. The van der Waals surface area contributed by atoms with Crippen LogP contribution in [0, 0.1) is 0 Å². The van der Waals surface area contributed by atoms with Crippen molar-refractivity contribution in [2.75, 3.05) is 7.11 Å². The van der Waals surface area contributed by atoms with Crippen molar-refractivity contribution in [3.63, 3.8) is 0 Å². The minimum absolute atomic E-state index is 0.262. The number of ether oxygens (including phenoxy) is 1. The van der Waals surface area contributed by atoms with Crippen LogP contribution in [-0.4, -0.2) is 13.1 Å². The predicted molar refractivity (Wildman–Crippen MR) is 90.2 cm³/mol. The van der Waals surface area contributed by atoms with Crippen molar-refractivity contribution in [1.82, 2.24) is 0 Å². The SMILES string of the molecule is CCCCCCCCCCCCC(S)=C(C)C(=O)OC. The van der Waals surface area contributed by atoms with E-state index in [4.69, 9.17) is 0 Å². The Labute approximate surface area is 130 Å². The molecule has 0 spiro atoms. The third-order valence-electron chi connectivity index (χ3n) is 3.69. The number of esters is 1. The molecule has 0 aliphatic rings. The van der Waals surface area contributed by atoms with Crippen LogP contribution in [0.2, 0.25) is 0 Å². The molecule has 118 valence electrons. The highest BCUT2D eigenvalue weighted by Crippen LogP contribution is 2.19. The Balaban J connectivity index is 3.46. The lowest BCUT2D eigenvalue weighted by molar-refractivity contribution is -0.136. The van der Waals surface area contributed by atoms with Gasteiger partial charge in [0.2, 0.25) is 0 Å². The van der Waals surface area contributed by atoms with Gasteiger partial charge in [-0.25, -0.2) is 4.79 Å². The zero-order chi connectivity index (χ0) is 15.2. The molecule has 0 aliphatic heterocycles. The van der Waals surface area contributed by atoms with Crippen LogP contribution in [0.1, 0.15) is 84.5 Å². The fraction of sp³-hybridized carbons (Fsp3) is 0.824. The Morgan fingerprint density at radius 3 is 1.80 bits per heavy atom. The number of hydrogen-bond acceptors (Lipinski definition) is 3. The van der Waals surface area contributed by atoms with Crippen LogP contribution in [0.5, 0.6) is 0 Å². The van der Waals surface area contributed by atoms with Crippen LogP contribution in [0.3, 0.4) is 0 Å². The molecule has 0 aromatic rings. The van der Waals surface area contributed by atoms with E-state index in [9.17, 15) is 4.79 Å². The van der Waals surface area contributed by atoms with Gasteiger partial charge in [-0.2, -0.15) is 0 Å². The summed E-state index contributed by atoms with van der Waals surface area (Å²) in [6.45, 7) is 4.04. The number of methoxy groups -OCH3 is 1. The van der Waals surface area contributed by atoms with E-state index in [1.165, 1.54) is 64.9 Å². The number of rotatable bonds is 12. The van der Waals surface area contributed by atoms with Crippen molar-refractivity contribution in [2.45, 2.75) is 84.5 Å². The number of thiol groups is 1. The molecule has 0 heterocycles. The summed E-state index contributed by atoms with van der Waals surface area (Å²) in [5, 5.41) is 0. The molecular weight excluding hydrogens is 268 g/mol. The Kier molecular flexibility index (Phi) is 13.2. The van der Waals surface area contributed by atoms with Crippen molar-refractivity contribution < 1.29 is 9.53 Å². The first-order valence-corrected chi connectivity index (χ1v) is 8.55. The van der Waals surface area contributed by atoms with Crippen molar-refractivity contribution in [2.24, 2.45) is 0 Å². The van der Waals surface area contributed by atoms with Crippen molar-refractivity contribution >= 4 is 18.6 Å². The molecule has 0 aromatic heterocycles. The summed E-state index contributed by atoms with van der Waals surface area (Å²) in [7, 11) is 1.41. The maximum absolute atomic E-state index is 11.3. The number of hydrogen-bond donors (Lipinski definition) is 1. The molecule has 0 radical (unpaired) electrons. The third kappa shape index (κ3) is 10.4. The second-order valence-electron chi connectivity index (χ2n) is 5.50. The van der Waals surface area contributed by atoms with Crippen LogP contribution in [-0.2, 0) is 9.53 Å². The number of unbranched alkanes of at least 4 members (excludes halogenated alkanes) is 9. The standard InChI is InChI=1S/C17H32O2S/c1-4-5-6-7-8-9-10-11-12-13-14-16(20)15(2)17(18)19-3/h20H,4-14H2,1-3H3. The third-order valence-corrected chi connectivity index (χ3v) is 4.25. The van der Waals surface area contributed by atoms with Crippen LogP contribution in [0.15, 0.2) is 10.5 Å². The molecule has 3 heteroatoms. The molecule has 0 rings (SSSR count). The van der Waals surface area contributed by atoms with Gasteiger partial charge < -0.3 is 4.74 Å². The minimum Gasteiger partial charge on any atom is -0.466 e. The van der Waals surface area contributed by atoms with Crippen molar-refractivity contribution in [3.05, 3.63) is 10.5 Å². The minimum atomic E-state index is -0.262. The summed E-state index contributed by atoms with van der Waals surface area (Å²) in [6, 6.07) is 0. The van der Waals surface area contributed by atoms with Gasteiger partial charge in [0.1, 0.15) is 0 Å². The summed E-state index contributed by atoms with van der Waals surface area (Å²) in [5.74, 6) is -0.262. The largest absolute Gasteiger partial charge is 0.466 e. The van der Waals surface area contributed by atoms with E-state index >= 15 is 0 Å². The molecule has 0 aromatic carbocycles. The van der Waals surface area contributed by atoms with Crippen LogP contribution < -0.4 is 0 Å². The smallest absolute Gasteiger partial charge is 0.334 e. The maximum atomic E-state index is 11.3. The normalized spacial score (nSPS) is 12.2. The highest BCUT2D eigenvalue weighted by molar-refractivity contribution is 7.84. The number of carbonyl (C=O) groups is 1. The quantitative estimate of drug-likeness (QED) is 0.217. The molecule has 0 aliphatic carbocycles. The van der Waals surface area contributed by atoms with Crippen LogP contribution in [0.25, 0.3) is 0 Å². The first kappa shape index (κ1) is 19.6. The first-order valence-electron chi connectivity index (χ1n) is 8.10. The van der Waals surface area contributed by atoms with E-state index in [0.717, 1.165) is 17.7 Å².